The molecule has 0 aromatic heterocycles. The third-order valence-corrected chi connectivity index (χ3v) is 2.35. The molecular weight excluding hydrogens is 156 g/mol. The van der Waals surface area contributed by atoms with Crippen LogP contribution in [0, 0.1) is 11.8 Å². The molecule has 1 fully saturated rings. The number of rotatable bonds is 2. The van der Waals surface area contributed by atoms with E-state index in [1.165, 1.54) is 18.9 Å². The van der Waals surface area contributed by atoms with E-state index in [0.717, 1.165) is 6.42 Å². The van der Waals surface area contributed by atoms with Gasteiger partial charge in [-0.15, -0.1) is 0 Å². The zero-order valence-electron chi connectivity index (χ0n) is 7.41. The predicted octanol–water partition coefficient (Wildman–Crippen LogP) is -0.414. The number of carbonyl (C=O) groups is 2. The van der Waals surface area contributed by atoms with E-state index in [1.54, 1.807) is 0 Å². The van der Waals surface area contributed by atoms with Crippen LogP contribution in [-0.2, 0) is 9.59 Å². The molecule has 2 amide bonds. The Hall–Kier alpha value is -0.900. The molecule has 4 nitrogen and oxygen atoms in total. The molecule has 1 aliphatic rings. The van der Waals surface area contributed by atoms with Crippen molar-refractivity contribution in [1.82, 2.24) is 4.90 Å². The zero-order chi connectivity index (χ0) is 9.30. The molecule has 68 valence electrons. The Labute approximate surface area is 71.7 Å². The highest BCUT2D eigenvalue weighted by Crippen LogP contribution is 2.38. The molecule has 2 N–H and O–H groups in total. The van der Waals surface area contributed by atoms with E-state index in [9.17, 15) is 9.59 Å². The molecule has 0 aliphatic heterocycles. The maximum atomic E-state index is 11.4. The number of amides is 2. The summed E-state index contributed by atoms with van der Waals surface area (Å²) < 4.78 is 0. The van der Waals surface area contributed by atoms with Gasteiger partial charge in [-0.05, 0) is 18.9 Å². The first kappa shape index (κ1) is 9.19. The minimum absolute atomic E-state index is 0.00361. The van der Waals surface area contributed by atoms with Crippen LogP contribution in [0.25, 0.3) is 0 Å². The topological polar surface area (TPSA) is 63.4 Å². The molecule has 0 unspecified atom stereocenters. The molecule has 1 rings (SSSR count). The van der Waals surface area contributed by atoms with E-state index in [-0.39, 0.29) is 17.7 Å². The van der Waals surface area contributed by atoms with Gasteiger partial charge in [0.1, 0.15) is 0 Å². The molecule has 0 aromatic rings. The molecule has 2 atom stereocenters. The van der Waals surface area contributed by atoms with Crippen molar-refractivity contribution in [3.8, 4) is 0 Å². The van der Waals surface area contributed by atoms with Gasteiger partial charge in [0, 0.05) is 19.9 Å². The third kappa shape index (κ3) is 1.64. The lowest BCUT2D eigenvalue weighted by Crippen LogP contribution is -2.33. The van der Waals surface area contributed by atoms with Crippen molar-refractivity contribution < 1.29 is 9.59 Å². The first-order valence-corrected chi connectivity index (χ1v) is 4.06. The fourth-order valence-corrected chi connectivity index (χ4v) is 1.21. The highest BCUT2D eigenvalue weighted by molar-refractivity contribution is 5.96. The Kier molecular flexibility index (Phi) is 2.47. The van der Waals surface area contributed by atoms with Crippen molar-refractivity contribution in [3.05, 3.63) is 0 Å². The summed E-state index contributed by atoms with van der Waals surface area (Å²) >= 11 is 0. The minimum atomic E-state index is -0.206. The summed E-state index contributed by atoms with van der Waals surface area (Å²) in [5.74, 6) is 0.0174. The van der Waals surface area contributed by atoms with Gasteiger partial charge in [-0.25, -0.2) is 0 Å². The van der Waals surface area contributed by atoms with Crippen molar-refractivity contribution >= 4 is 11.8 Å². The molecule has 0 bridgehead atoms. The SMILES string of the molecule is CC(=O)N(C)C(=O)[C@@H]1C[C@H]1CN. The van der Waals surface area contributed by atoms with Crippen LogP contribution in [0.4, 0.5) is 0 Å². The van der Waals surface area contributed by atoms with E-state index in [1.807, 2.05) is 0 Å². The molecule has 12 heavy (non-hydrogen) atoms. The van der Waals surface area contributed by atoms with Crippen molar-refractivity contribution in [1.29, 1.82) is 0 Å². The molecular formula is C8H14N2O2. The summed E-state index contributed by atoms with van der Waals surface area (Å²) in [6.45, 7) is 1.93. The molecule has 1 saturated carbocycles. The first-order chi connectivity index (χ1) is 5.57. The van der Waals surface area contributed by atoms with Gasteiger partial charge in [-0.2, -0.15) is 0 Å². The van der Waals surface area contributed by atoms with Crippen LogP contribution in [-0.4, -0.2) is 30.3 Å². The second kappa shape index (κ2) is 3.23. The van der Waals surface area contributed by atoms with Crippen LogP contribution < -0.4 is 5.73 Å². The van der Waals surface area contributed by atoms with Gasteiger partial charge in [0.15, 0.2) is 0 Å². The molecule has 0 radical (unpaired) electrons. The Balaban J connectivity index is 2.45. The van der Waals surface area contributed by atoms with Gasteiger partial charge in [-0.1, -0.05) is 0 Å². The van der Waals surface area contributed by atoms with E-state index >= 15 is 0 Å². The summed E-state index contributed by atoms with van der Waals surface area (Å²) in [6, 6.07) is 0. The molecule has 1 aliphatic carbocycles. The van der Waals surface area contributed by atoms with E-state index in [2.05, 4.69) is 0 Å². The second-order valence-corrected chi connectivity index (χ2v) is 3.25. The molecule has 0 aromatic carbocycles. The fraction of sp³-hybridized carbons (Fsp3) is 0.750. The van der Waals surface area contributed by atoms with Crippen molar-refractivity contribution in [2.75, 3.05) is 13.6 Å². The Morgan fingerprint density at radius 2 is 2.17 bits per heavy atom. The summed E-state index contributed by atoms with van der Waals surface area (Å²) in [5.41, 5.74) is 5.38. The fourth-order valence-electron chi connectivity index (χ4n) is 1.21. The largest absolute Gasteiger partial charge is 0.330 e. The summed E-state index contributed by atoms with van der Waals surface area (Å²) in [6.07, 6.45) is 0.840. The van der Waals surface area contributed by atoms with Gasteiger partial charge >= 0.3 is 0 Å². The van der Waals surface area contributed by atoms with Crippen LogP contribution in [0.5, 0.6) is 0 Å². The number of hydrogen-bond donors (Lipinski definition) is 1. The quantitative estimate of drug-likeness (QED) is 0.612. The van der Waals surface area contributed by atoms with Gasteiger partial charge in [0.05, 0.1) is 0 Å². The lowest BCUT2D eigenvalue weighted by molar-refractivity contribution is -0.142. The van der Waals surface area contributed by atoms with Gasteiger partial charge in [0.2, 0.25) is 11.8 Å². The number of hydrogen-bond acceptors (Lipinski definition) is 3. The molecule has 0 spiro atoms. The van der Waals surface area contributed by atoms with Crippen molar-refractivity contribution in [2.24, 2.45) is 17.6 Å². The first-order valence-electron chi connectivity index (χ1n) is 4.06. The van der Waals surface area contributed by atoms with E-state index < -0.39 is 0 Å². The highest BCUT2D eigenvalue weighted by Gasteiger charge is 2.43. The van der Waals surface area contributed by atoms with Gasteiger partial charge in [-0.3, -0.25) is 14.5 Å². The van der Waals surface area contributed by atoms with E-state index in [4.69, 9.17) is 5.73 Å². The predicted molar refractivity (Wildman–Crippen MR) is 44.1 cm³/mol. The zero-order valence-corrected chi connectivity index (χ0v) is 7.41. The number of nitrogens with two attached hydrogens (primary N) is 1. The van der Waals surface area contributed by atoms with Crippen LogP contribution in [0.2, 0.25) is 0 Å². The monoisotopic (exact) mass is 170 g/mol. The van der Waals surface area contributed by atoms with Crippen LogP contribution >= 0.6 is 0 Å². The van der Waals surface area contributed by atoms with Gasteiger partial charge < -0.3 is 5.73 Å². The van der Waals surface area contributed by atoms with E-state index in [0.29, 0.717) is 12.5 Å². The highest BCUT2D eigenvalue weighted by atomic mass is 16.2. The lowest BCUT2D eigenvalue weighted by Gasteiger charge is -2.11. The summed E-state index contributed by atoms with van der Waals surface area (Å²) in [5, 5.41) is 0. The van der Waals surface area contributed by atoms with Gasteiger partial charge in [0.25, 0.3) is 0 Å². The number of carbonyl (C=O) groups excluding carboxylic acids is 2. The van der Waals surface area contributed by atoms with Crippen molar-refractivity contribution in [2.45, 2.75) is 13.3 Å². The average Bonchev–Trinajstić information content (AvgIpc) is 2.80. The van der Waals surface area contributed by atoms with Crippen LogP contribution in [0.15, 0.2) is 0 Å². The minimum Gasteiger partial charge on any atom is -0.330 e. The Bertz CT molecular complexity index is 215. The second-order valence-electron chi connectivity index (χ2n) is 3.25. The summed E-state index contributed by atoms with van der Waals surface area (Å²) in [4.78, 5) is 23.3. The maximum Gasteiger partial charge on any atom is 0.232 e. The van der Waals surface area contributed by atoms with Crippen molar-refractivity contribution in [3.63, 3.8) is 0 Å². The standard InChI is InChI=1S/C8H14N2O2/c1-5(11)10(2)8(12)7-3-6(7)4-9/h6-7H,3-4,9H2,1-2H3/t6-,7+/m0/s1. The Morgan fingerprint density at radius 3 is 2.50 bits per heavy atom. The Morgan fingerprint density at radius 1 is 1.58 bits per heavy atom. The van der Waals surface area contributed by atoms with Crippen LogP contribution in [0.3, 0.4) is 0 Å². The molecule has 0 heterocycles. The molecule has 4 heteroatoms. The maximum absolute atomic E-state index is 11.4. The molecule has 0 saturated heterocycles. The lowest BCUT2D eigenvalue weighted by atomic mass is 10.3. The number of imide groups is 1. The number of nitrogens with zero attached hydrogens (tertiary/aromatic N) is 1. The third-order valence-electron chi connectivity index (χ3n) is 2.35. The average molecular weight is 170 g/mol. The smallest absolute Gasteiger partial charge is 0.232 e. The normalized spacial score (nSPS) is 26.6. The van der Waals surface area contributed by atoms with Crippen LogP contribution in [0.1, 0.15) is 13.3 Å². The summed E-state index contributed by atoms with van der Waals surface area (Å²) in [7, 11) is 1.51.